The number of halogens is 1. The van der Waals surface area contributed by atoms with Crippen LogP contribution in [-0.4, -0.2) is 41.5 Å². The normalized spacial score (nSPS) is 15.7. The average Bonchev–Trinajstić information content (AvgIpc) is 2.96. The number of benzene rings is 1. The summed E-state index contributed by atoms with van der Waals surface area (Å²) in [6.45, 7) is 6.51. The van der Waals surface area contributed by atoms with Crippen molar-refractivity contribution >= 4 is 34.2 Å². The number of hydrogen-bond donors (Lipinski definition) is 1. The first-order valence-corrected chi connectivity index (χ1v) is 10.4. The van der Waals surface area contributed by atoms with E-state index in [1.165, 1.54) is 17.0 Å². The summed E-state index contributed by atoms with van der Waals surface area (Å²) in [6, 6.07) is 10.2. The minimum atomic E-state index is 0.730. The third-order valence-electron chi connectivity index (χ3n) is 4.56. The first-order chi connectivity index (χ1) is 13.1. The van der Waals surface area contributed by atoms with Crippen molar-refractivity contribution in [3.63, 3.8) is 0 Å². The molecule has 2 aromatic rings. The fourth-order valence-corrected chi connectivity index (χ4v) is 4.04. The van der Waals surface area contributed by atoms with E-state index < -0.39 is 0 Å². The lowest BCUT2D eigenvalue weighted by molar-refractivity contribution is 0.197. The second-order valence-electron chi connectivity index (χ2n) is 6.45. The van der Waals surface area contributed by atoms with Crippen molar-refractivity contribution in [2.24, 2.45) is 10.1 Å². The van der Waals surface area contributed by atoms with Crippen LogP contribution in [0.3, 0.4) is 0 Å². The molecule has 27 heavy (non-hydrogen) atoms. The van der Waals surface area contributed by atoms with Gasteiger partial charge in [-0.25, -0.2) is 0 Å². The molecule has 0 unspecified atom stereocenters. The molecule has 144 valence electrons. The summed E-state index contributed by atoms with van der Waals surface area (Å²) in [7, 11) is 1.71. The number of rotatable bonds is 7. The molecule has 7 heteroatoms. The molecule has 0 amide bonds. The molecule has 1 aliphatic heterocycles. The van der Waals surface area contributed by atoms with Gasteiger partial charge in [-0.15, -0.1) is 0 Å². The molecule has 0 saturated carbocycles. The fourth-order valence-electron chi connectivity index (χ4n) is 3.06. The lowest BCUT2D eigenvalue weighted by atomic mass is 10.1. The number of thioether (sulfide) groups is 1. The first kappa shape index (κ1) is 20.0. The van der Waals surface area contributed by atoms with E-state index in [0.29, 0.717) is 0 Å². The van der Waals surface area contributed by atoms with Gasteiger partial charge in [-0.05, 0) is 38.0 Å². The van der Waals surface area contributed by atoms with E-state index >= 15 is 0 Å². The van der Waals surface area contributed by atoms with Gasteiger partial charge in [0.15, 0.2) is 5.17 Å². The largest absolute Gasteiger partial charge is 0.385 e. The molecule has 0 radical (unpaired) electrons. The zero-order valence-electron chi connectivity index (χ0n) is 16.0. The topological polar surface area (TPSA) is 50.9 Å². The standard InChI is InChI=1S/C20H25ClN4OS/c1-14-11-17(15(2)25(14)12-16-7-4-5-8-18(16)21)19-13-27-20(24-23-19)22-9-6-10-26-3/h4-5,7-8,11H,6,9-10,12-13H2,1-3H3,(H,22,24). The highest BCUT2D eigenvalue weighted by Gasteiger charge is 2.19. The Balaban J connectivity index is 1.73. The van der Waals surface area contributed by atoms with Gasteiger partial charge >= 0.3 is 0 Å². The molecule has 0 aliphatic carbocycles. The van der Waals surface area contributed by atoms with Gasteiger partial charge in [-0.3, -0.25) is 10.4 Å². The van der Waals surface area contributed by atoms with Gasteiger partial charge in [0, 0.05) is 54.5 Å². The predicted molar refractivity (Wildman–Crippen MR) is 115 cm³/mol. The van der Waals surface area contributed by atoms with Crippen LogP contribution in [0.2, 0.25) is 5.02 Å². The van der Waals surface area contributed by atoms with Crippen LogP contribution in [0.5, 0.6) is 0 Å². The first-order valence-electron chi connectivity index (χ1n) is 8.99. The summed E-state index contributed by atoms with van der Waals surface area (Å²) in [6.07, 6.45) is 0.919. The highest BCUT2D eigenvalue weighted by atomic mass is 35.5. The Hall–Kier alpha value is -1.76. The van der Waals surface area contributed by atoms with Crippen LogP contribution in [0.15, 0.2) is 40.4 Å². The maximum Gasteiger partial charge on any atom is 0.177 e. The quantitative estimate of drug-likeness (QED) is 0.702. The molecule has 0 spiro atoms. The maximum atomic E-state index is 6.34. The number of amidine groups is 1. The van der Waals surface area contributed by atoms with E-state index in [1.807, 2.05) is 18.2 Å². The van der Waals surface area contributed by atoms with E-state index in [0.717, 1.165) is 53.3 Å². The van der Waals surface area contributed by atoms with E-state index in [-0.39, 0.29) is 0 Å². The van der Waals surface area contributed by atoms with Crippen molar-refractivity contribution in [2.45, 2.75) is 26.8 Å². The number of aliphatic imine (C=N–C) groups is 1. The molecule has 1 aliphatic rings. The summed E-state index contributed by atoms with van der Waals surface area (Å²) in [4.78, 5) is 4.52. The summed E-state index contributed by atoms with van der Waals surface area (Å²) in [5.41, 5.74) is 8.85. The van der Waals surface area contributed by atoms with Crippen molar-refractivity contribution in [1.29, 1.82) is 0 Å². The molecule has 1 aromatic heterocycles. The number of nitrogens with zero attached hydrogens (tertiary/aromatic N) is 3. The van der Waals surface area contributed by atoms with Crippen LogP contribution in [0.25, 0.3) is 0 Å². The maximum absolute atomic E-state index is 6.34. The number of ether oxygens (including phenoxy) is 1. The van der Waals surface area contributed by atoms with E-state index in [2.05, 4.69) is 46.1 Å². The van der Waals surface area contributed by atoms with Gasteiger partial charge in [-0.2, -0.15) is 5.10 Å². The molecular weight excluding hydrogens is 380 g/mol. The Labute approximate surface area is 169 Å². The molecule has 2 heterocycles. The Morgan fingerprint density at radius 1 is 1.33 bits per heavy atom. The monoisotopic (exact) mass is 404 g/mol. The lowest BCUT2D eigenvalue weighted by Crippen LogP contribution is -2.26. The molecular formula is C20H25ClN4OS. The summed E-state index contributed by atoms with van der Waals surface area (Å²) in [5, 5.41) is 6.24. The van der Waals surface area contributed by atoms with E-state index in [1.54, 1.807) is 18.9 Å². The molecule has 5 nitrogen and oxygen atoms in total. The number of aromatic nitrogens is 1. The molecule has 1 N–H and O–H groups in total. The van der Waals surface area contributed by atoms with Gasteiger partial charge in [0.1, 0.15) is 0 Å². The summed E-state index contributed by atoms with van der Waals surface area (Å²) in [5.74, 6) is 0.812. The van der Waals surface area contributed by atoms with Crippen LogP contribution < -0.4 is 5.43 Å². The minimum Gasteiger partial charge on any atom is -0.385 e. The zero-order valence-corrected chi connectivity index (χ0v) is 17.5. The summed E-state index contributed by atoms with van der Waals surface area (Å²) >= 11 is 8.03. The second-order valence-corrected chi connectivity index (χ2v) is 7.83. The number of methoxy groups -OCH3 is 1. The second kappa shape index (κ2) is 9.44. The Morgan fingerprint density at radius 2 is 2.15 bits per heavy atom. The van der Waals surface area contributed by atoms with Crippen molar-refractivity contribution < 1.29 is 4.74 Å². The minimum absolute atomic E-state index is 0.730. The number of hydrogen-bond acceptors (Lipinski definition) is 4. The third-order valence-corrected chi connectivity index (χ3v) is 5.85. The average molecular weight is 405 g/mol. The van der Waals surface area contributed by atoms with Crippen LogP contribution in [0.1, 0.15) is 28.9 Å². The molecule has 0 bridgehead atoms. The van der Waals surface area contributed by atoms with Gasteiger partial charge in [0.25, 0.3) is 0 Å². The third kappa shape index (κ3) is 4.94. The SMILES string of the molecule is COCCCN=C1NN=C(c2cc(C)n(Cc3ccccc3Cl)c2C)CS1. The highest BCUT2D eigenvalue weighted by Crippen LogP contribution is 2.23. The van der Waals surface area contributed by atoms with Crippen LogP contribution >= 0.6 is 23.4 Å². The number of hydrazone groups is 1. The van der Waals surface area contributed by atoms with Crippen molar-refractivity contribution in [2.75, 3.05) is 26.0 Å². The van der Waals surface area contributed by atoms with Crippen LogP contribution in [-0.2, 0) is 11.3 Å². The molecule has 3 rings (SSSR count). The van der Waals surface area contributed by atoms with Crippen molar-refractivity contribution in [3.8, 4) is 0 Å². The highest BCUT2D eigenvalue weighted by molar-refractivity contribution is 8.14. The summed E-state index contributed by atoms with van der Waals surface area (Å²) < 4.78 is 7.34. The van der Waals surface area contributed by atoms with E-state index in [9.17, 15) is 0 Å². The van der Waals surface area contributed by atoms with Gasteiger partial charge < -0.3 is 9.30 Å². The molecule has 0 saturated heterocycles. The Bertz CT molecular complexity index is 860. The van der Waals surface area contributed by atoms with Crippen molar-refractivity contribution in [1.82, 2.24) is 9.99 Å². The van der Waals surface area contributed by atoms with Crippen LogP contribution in [0.4, 0.5) is 0 Å². The number of nitrogens with one attached hydrogen (secondary N) is 1. The predicted octanol–water partition coefficient (Wildman–Crippen LogP) is 4.24. The fraction of sp³-hybridized carbons (Fsp3) is 0.400. The zero-order chi connectivity index (χ0) is 19.2. The van der Waals surface area contributed by atoms with Gasteiger partial charge in [0.2, 0.25) is 0 Å². The molecule has 0 atom stereocenters. The Morgan fingerprint density at radius 3 is 2.85 bits per heavy atom. The molecule has 0 fully saturated rings. The van der Waals surface area contributed by atoms with E-state index in [4.69, 9.17) is 16.3 Å². The van der Waals surface area contributed by atoms with Crippen LogP contribution in [0, 0.1) is 13.8 Å². The lowest BCUT2D eigenvalue weighted by Gasteiger charge is -2.15. The van der Waals surface area contributed by atoms with Crippen molar-refractivity contribution in [3.05, 3.63) is 57.9 Å². The van der Waals surface area contributed by atoms with Gasteiger partial charge in [0.05, 0.1) is 5.71 Å². The Kier molecular flexibility index (Phi) is 6.99. The smallest absolute Gasteiger partial charge is 0.177 e. The number of aryl methyl sites for hydroxylation is 1. The molecule has 1 aromatic carbocycles. The van der Waals surface area contributed by atoms with Gasteiger partial charge in [-0.1, -0.05) is 41.6 Å².